The Hall–Kier alpha value is -3.05. The number of amides is 1. The van der Waals surface area contributed by atoms with Crippen LogP contribution in [0.2, 0.25) is 5.02 Å². The molecule has 0 spiro atoms. The molecule has 1 N–H and O–H groups in total. The van der Waals surface area contributed by atoms with Crippen LogP contribution in [0, 0.1) is 5.92 Å². The van der Waals surface area contributed by atoms with Gasteiger partial charge in [0.2, 0.25) is 11.8 Å². The maximum Gasteiger partial charge on any atom is 0.224 e. The summed E-state index contributed by atoms with van der Waals surface area (Å²) in [7, 11) is 0. The van der Waals surface area contributed by atoms with Gasteiger partial charge in [-0.2, -0.15) is 0 Å². The van der Waals surface area contributed by atoms with E-state index in [1.54, 1.807) is 12.3 Å². The van der Waals surface area contributed by atoms with Crippen LogP contribution >= 0.6 is 11.6 Å². The monoisotopic (exact) mass is 422 g/mol. The fourth-order valence-electron chi connectivity index (χ4n) is 3.42. The van der Waals surface area contributed by atoms with Gasteiger partial charge in [0.15, 0.2) is 11.5 Å². The predicted molar refractivity (Wildman–Crippen MR) is 116 cm³/mol. The molecule has 2 aromatic carbocycles. The van der Waals surface area contributed by atoms with Gasteiger partial charge in [0, 0.05) is 29.7 Å². The minimum absolute atomic E-state index is 0.0180. The smallest absolute Gasteiger partial charge is 0.224 e. The lowest BCUT2D eigenvalue weighted by atomic mass is 10.1. The molecular weight excluding hydrogens is 400 g/mol. The highest BCUT2D eigenvalue weighted by Crippen LogP contribution is 2.49. The summed E-state index contributed by atoms with van der Waals surface area (Å²) < 4.78 is 11.4. The van der Waals surface area contributed by atoms with Crippen molar-refractivity contribution < 1.29 is 14.3 Å². The highest BCUT2D eigenvalue weighted by Gasteiger charge is 2.44. The van der Waals surface area contributed by atoms with Crippen LogP contribution < -0.4 is 14.8 Å². The van der Waals surface area contributed by atoms with E-state index in [1.165, 1.54) is 0 Å². The first kappa shape index (κ1) is 20.2. The number of halogens is 1. The van der Waals surface area contributed by atoms with Crippen LogP contribution in [0.4, 0.5) is 0 Å². The number of carbonyl (C=O) groups is 1. The highest BCUT2D eigenvalue weighted by atomic mass is 35.5. The number of benzene rings is 2. The summed E-state index contributed by atoms with van der Waals surface area (Å²) in [5.74, 6) is 2.00. The number of para-hydroxylation sites is 2. The van der Waals surface area contributed by atoms with Gasteiger partial charge >= 0.3 is 0 Å². The van der Waals surface area contributed by atoms with Crippen LogP contribution in [0.3, 0.4) is 0 Å². The van der Waals surface area contributed by atoms with Gasteiger partial charge in [-0.1, -0.05) is 48.0 Å². The van der Waals surface area contributed by atoms with Gasteiger partial charge in [-0.15, -0.1) is 0 Å². The average molecular weight is 423 g/mol. The van der Waals surface area contributed by atoms with Gasteiger partial charge in [-0.05, 0) is 48.6 Å². The van der Waals surface area contributed by atoms with Crippen molar-refractivity contribution in [3.8, 4) is 17.4 Å². The Labute approximate surface area is 181 Å². The number of ether oxygens (including phenoxy) is 2. The summed E-state index contributed by atoms with van der Waals surface area (Å²) >= 11 is 6.24. The molecule has 0 radical (unpaired) electrons. The lowest BCUT2D eigenvalue weighted by molar-refractivity contribution is -0.122. The fraction of sp³-hybridized carbons (Fsp3) is 0.250. The van der Waals surface area contributed by atoms with Gasteiger partial charge in [0.05, 0.1) is 6.61 Å². The SMILES string of the molecule is CCOc1ccccc1Oc1ccc(CNC(=O)C2CC2c2ccccc2Cl)cn1. The molecule has 2 unspecified atom stereocenters. The standard InChI is InChI=1S/C24H23ClN2O3/c1-2-29-21-9-5-6-10-22(21)30-23-12-11-16(14-26-23)15-27-24(28)19-13-18(19)17-7-3-4-8-20(17)25/h3-12,14,18-19H,2,13,15H2,1H3,(H,27,28). The van der Waals surface area contributed by atoms with E-state index in [4.69, 9.17) is 21.1 Å². The van der Waals surface area contributed by atoms with Crippen LogP contribution in [-0.2, 0) is 11.3 Å². The number of rotatable bonds is 8. The lowest BCUT2D eigenvalue weighted by Crippen LogP contribution is -2.24. The minimum atomic E-state index is -0.0180. The molecule has 6 heteroatoms. The van der Waals surface area contributed by atoms with Crippen LogP contribution in [0.15, 0.2) is 66.9 Å². The summed E-state index contributed by atoms with van der Waals surface area (Å²) in [6.07, 6.45) is 2.54. The van der Waals surface area contributed by atoms with Crippen molar-refractivity contribution in [2.75, 3.05) is 6.61 Å². The first-order chi connectivity index (χ1) is 14.7. The second-order valence-electron chi connectivity index (χ2n) is 7.17. The van der Waals surface area contributed by atoms with Crippen LogP contribution in [0.5, 0.6) is 17.4 Å². The van der Waals surface area contributed by atoms with Crippen molar-refractivity contribution in [1.82, 2.24) is 10.3 Å². The molecule has 1 amide bonds. The number of nitrogens with zero attached hydrogens (tertiary/aromatic N) is 1. The Morgan fingerprint density at radius 2 is 1.87 bits per heavy atom. The molecule has 30 heavy (non-hydrogen) atoms. The molecule has 1 fully saturated rings. The highest BCUT2D eigenvalue weighted by molar-refractivity contribution is 6.31. The summed E-state index contributed by atoms with van der Waals surface area (Å²) in [4.78, 5) is 16.8. The third-order valence-electron chi connectivity index (χ3n) is 5.06. The first-order valence-corrected chi connectivity index (χ1v) is 10.4. The van der Waals surface area contributed by atoms with E-state index in [0.717, 1.165) is 22.6 Å². The van der Waals surface area contributed by atoms with Gasteiger partial charge in [0.25, 0.3) is 0 Å². The lowest BCUT2D eigenvalue weighted by Gasteiger charge is -2.11. The van der Waals surface area contributed by atoms with Crippen LogP contribution in [-0.4, -0.2) is 17.5 Å². The first-order valence-electron chi connectivity index (χ1n) is 10.0. The van der Waals surface area contributed by atoms with Gasteiger partial charge < -0.3 is 14.8 Å². The van der Waals surface area contributed by atoms with Crippen molar-refractivity contribution in [3.05, 3.63) is 83.0 Å². The molecule has 0 saturated heterocycles. The van der Waals surface area contributed by atoms with Gasteiger partial charge in [-0.25, -0.2) is 4.98 Å². The zero-order valence-electron chi connectivity index (χ0n) is 16.7. The van der Waals surface area contributed by atoms with Crippen molar-refractivity contribution in [3.63, 3.8) is 0 Å². The Bertz CT molecular complexity index is 1020. The summed E-state index contributed by atoms with van der Waals surface area (Å²) in [6, 6.07) is 18.9. The van der Waals surface area contributed by atoms with E-state index in [-0.39, 0.29) is 17.7 Å². The molecule has 2 atom stereocenters. The van der Waals surface area contributed by atoms with E-state index < -0.39 is 0 Å². The van der Waals surface area contributed by atoms with E-state index in [1.807, 2.05) is 61.5 Å². The largest absolute Gasteiger partial charge is 0.490 e. The Balaban J connectivity index is 1.30. The number of hydrogen-bond donors (Lipinski definition) is 1. The molecular formula is C24H23ClN2O3. The van der Waals surface area contributed by atoms with Crippen LogP contribution in [0.1, 0.15) is 30.4 Å². The minimum Gasteiger partial charge on any atom is -0.490 e. The maximum absolute atomic E-state index is 12.5. The van der Waals surface area contributed by atoms with Crippen molar-refractivity contribution in [2.24, 2.45) is 5.92 Å². The molecule has 0 bridgehead atoms. The van der Waals surface area contributed by atoms with Crippen LogP contribution in [0.25, 0.3) is 0 Å². The number of carbonyl (C=O) groups excluding carboxylic acids is 1. The normalized spacial score (nSPS) is 17.3. The maximum atomic E-state index is 12.5. The molecule has 154 valence electrons. The van der Waals surface area contributed by atoms with Crippen molar-refractivity contribution >= 4 is 17.5 Å². The summed E-state index contributed by atoms with van der Waals surface area (Å²) in [6.45, 7) is 2.91. The fourth-order valence-corrected chi connectivity index (χ4v) is 3.70. The number of nitrogens with one attached hydrogen (secondary N) is 1. The Morgan fingerprint density at radius 3 is 2.60 bits per heavy atom. The molecule has 1 saturated carbocycles. The average Bonchev–Trinajstić information content (AvgIpc) is 3.56. The molecule has 1 heterocycles. The van der Waals surface area contributed by atoms with Crippen molar-refractivity contribution in [1.29, 1.82) is 0 Å². The second kappa shape index (κ2) is 9.18. The number of pyridine rings is 1. The zero-order chi connectivity index (χ0) is 20.9. The number of aromatic nitrogens is 1. The molecule has 5 nitrogen and oxygen atoms in total. The molecule has 1 aromatic heterocycles. The van der Waals surface area contributed by atoms with E-state index in [9.17, 15) is 4.79 Å². The summed E-state index contributed by atoms with van der Waals surface area (Å²) in [5, 5.41) is 3.72. The Morgan fingerprint density at radius 1 is 1.10 bits per heavy atom. The number of hydrogen-bond acceptors (Lipinski definition) is 4. The second-order valence-corrected chi connectivity index (χ2v) is 7.58. The third-order valence-corrected chi connectivity index (χ3v) is 5.40. The molecule has 0 aliphatic heterocycles. The Kier molecular flexibility index (Phi) is 6.19. The van der Waals surface area contributed by atoms with Gasteiger partial charge in [-0.3, -0.25) is 4.79 Å². The molecule has 4 rings (SSSR count). The van der Waals surface area contributed by atoms with Crippen molar-refractivity contribution in [2.45, 2.75) is 25.8 Å². The third kappa shape index (κ3) is 4.74. The van der Waals surface area contributed by atoms with Gasteiger partial charge in [0.1, 0.15) is 0 Å². The van der Waals surface area contributed by atoms with E-state index in [2.05, 4.69) is 10.3 Å². The van der Waals surface area contributed by atoms with E-state index >= 15 is 0 Å². The molecule has 1 aliphatic carbocycles. The molecule has 3 aromatic rings. The summed E-state index contributed by atoms with van der Waals surface area (Å²) in [5.41, 5.74) is 1.96. The predicted octanol–water partition coefficient (Wildman–Crippen LogP) is 5.35. The quantitative estimate of drug-likeness (QED) is 0.531. The zero-order valence-corrected chi connectivity index (χ0v) is 17.4. The van der Waals surface area contributed by atoms with E-state index in [0.29, 0.717) is 30.5 Å². The molecule has 1 aliphatic rings. The topological polar surface area (TPSA) is 60.5 Å².